The van der Waals surface area contributed by atoms with Crippen LogP contribution in [0.3, 0.4) is 0 Å². The van der Waals surface area contributed by atoms with Gasteiger partial charge in [0.05, 0.1) is 23.8 Å². The first-order valence-electron chi connectivity index (χ1n) is 10.4. The number of methoxy groups -OCH3 is 1. The molecule has 0 fully saturated rings. The summed E-state index contributed by atoms with van der Waals surface area (Å²) in [6.45, 7) is 0.440. The molecule has 0 saturated carbocycles. The number of benzene rings is 4. The highest BCUT2D eigenvalue weighted by atomic mass is 16.6. The maximum absolute atomic E-state index is 12.4. The third-order valence-electron chi connectivity index (χ3n) is 5.17. The SMILES string of the molecule is COc1ccc([N+](=O)[O-])cc1C(=O)N/N=C\c1ccc(OCc2cccc3ccccc23)cc1. The van der Waals surface area contributed by atoms with E-state index in [4.69, 9.17) is 9.47 Å². The van der Waals surface area contributed by atoms with Crippen molar-refractivity contribution < 1.29 is 19.2 Å². The van der Waals surface area contributed by atoms with E-state index >= 15 is 0 Å². The number of nitrogens with zero attached hydrogens (tertiary/aromatic N) is 2. The average molecular weight is 455 g/mol. The normalized spacial score (nSPS) is 10.9. The molecule has 8 heteroatoms. The summed E-state index contributed by atoms with van der Waals surface area (Å²) in [4.78, 5) is 22.8. The Kier molecular flexibility index (Phi) is 6.78. The van der Waals surface area contributed by atoms with Gasteiger partial charge >= 0.3 is 0 Å². The fourth-order valence-corrected chi connectivity index (χ4v) is 3.44. The van der Waals surface area contributed by atoms with E-state index in [2.05, 4.69) is 28.7 Å². The largest absolute Gasteiger partial charge is 0.496 e. The Hall–Kier alpha value is -4.72. The highest BCUT2D eigenvalue weighted by Crippen LogP contribution is 2.24. The van der Waals surface area contributed by atoms with Crippen LogP contribution >= 0.6 is 0 Å². The number of non-ortho nitro benzene ring substituents is 1. The van der Waals surface area contributed by atoms with E-state index in [0.29, 0.717) is 12.4 Å². The maximum atomic E-state index is 12.4. The summed E-state index contributed by atoms with van der Waals surface area (Å²) in [6, 6.07) is 25.3. The number of nitrogens with one attached hydrogen (secondary N) is 1. The van der Waals surface area contributed by atoms with Crippen molar-refractivity contribution in [1.82, 2.24) is 5.43 Å². The summed E-state index contributed by atoms with van der Waals surface area (Å²) >= 11 is 0. The lowest BCUT2D eigenvalue weighted by Gasteiger charge is -2.09. The smallest absolute Gasteiger partial charge is 0.275 e. The number of hydrogen-bond acceptors (Lipinski definition) is 6. The summed E-state index contributed by atoms with van der Waals surface area (Å²) < 4.78 is 11.0. The minimum atomic E-state index is -0.619. The van der Waals surface area contributed by atoms with E-state index in [1.807, 2.05) is 48.5 Å². The van der Waals surface area contributed by atoms with Gasteiger partial charge in [0, 0.05) is 12.1 Å². The molecular formula is C26H21N3O5. The molecule has 4 aromatic carbocycles. The van der Waals surface area contributed by atoms with Crippen molar-refractivity contribution in [3.05, 3.63) is 112 Å². The number of amides is 1. The first-order valence-corrected chi connectivity index (χ1v) is 10.4. The zero-order chi connectivity index (χ0) is 23.9. The molecule has 8 nitrogen and oxygen atoms in total. The highest BCUT2D eigenvalue weighted by molar-refractivity contribution is 5.98. The molecule has 0 aliphatic heterocycles. The average Bonchev–Trinajstić information content (AvgIpc) is 2.87. The predicted octanol–water partition coefficient (Wildman–Crippen LogP) is 5.10. The zero-order valence-electron chi connectivity index (χ0n) is 18.3. The van der Waals surface area contributed by atoms with Gasteiger partial charge in [0.25, 0.3) is 11.6 Å². The van der Waals surface area contributed by atoms with E-state index in [0.717, 1.165) is 22.6 Å². The Labute approximate surface area is 195 Å². The van der Waals surface area contributed by atoms with Crippen LogP contribution in [0.1, 0.15) is 21.5 Å². The van der Waals surface area contributed by atoms with Crippen LogP contribution in [0.5, 0.6) is 11.5 Å². The third-order valence-corrected chi connectivity index (χ3v) is 5.17. The van der Waals surface area contributed by atoms with E-state index in [1.165, 1.54) is 30.8 Å². The Bertz CT molecular complexity index is 1360. The Morgan fingerprint density at radius 1 is 1.03 bits per heavy atom. The molecule has 1 amide bonds. The molecule has 0 bridgehead atoms. The maximum Gasteiger partial charge on any atom is 0.275 e. The van der Waals surface area contributed by atoms with E-state index < -0.39 is 10.8 Å². The van der Waals surface area contributed by atoms with Crippen LogP contribution in [0.15, 0.2) is 90.0 Å². The second-order valence-corrected chi connectivity index (χ2v) is 7.34. The van der Waals surface area contributed by atoms with Gasteiger partial charge in [-0.1, -0.05) is 42.5 Å². The Morgan fingerprint density at radius 2 is 1.79 bits per heavy atom. The summed E-state index contributed by atoms with van der Waals surface area (Å²) in [7, 11) is 1.38. The third kappa shape index (κ3) is 5.18. The number of nitro groups is 1. The molecule has 0 saturated heterocycles. The van der Waals surface area contributed by atoms with Crippen LogP contribution in [0.25, 0.3) is 10.8 Å². The van der Waals surface area contributed by atoms with Gasteiger partial charge in [0.1, 0.15) is 18.1 Å². The van der Waals surface area contributed by atoms with Crippen molar-refractivity contribution in [2.75, 3.05) is 7.11 Å². The van der Waals surface area contributed by atoms with Crippen molar-refractivity contribution >= 4 is 28.6 Å². The number of rotatable bonds is 8. The Morgan fingerprint density at radius 3 is 2.56 bits per heavy atom. The molecule has 4 rings (SSSR count). The molecule has 0 spiro atoms. The van der Waals surface area contributed by atoms with E-state index in [9.17, 15) is 14.9 Å². The molecule has 0 aliphatic carbocycles. The fraction of sp³-hybridized carbons (Fsp3) is 0.0769. The van der Waals surface area contributed by atoms with Crippen LogP contribution in [0.2, 0.25) is 0 Å². The minimum absolute atomic E-state index is 0.0195. The van der Waals surface area contributed by atoms with Crippen molar-refractivity contribution in [2.45, 2.75) is 6.61 Å². The second-order valence-electron chi connectivity index (χ2n) is 7.34. The first kappa shape index (κ1) is 22.5. The number of carbonyl (C=O) groups is 1. The standard InChI is InChI=1S/C26H21N3O5/c1-33-25-14-11-21(29(31)32)15-24(25)26(30)28-27-16-18-9-12-22(13-10-18)34-17-20-7-4-6-19-5-2-3-8-23(19)20/h2-16H,17H2,1H3,(H,28,30)/b27-16-. The molecule has 0 unspecified atom stereocenters. The number of fused-ring (bicyclic) bond motifs is 1. The Balaban J connectivity index is 1.37. The quantitative estimate of drug-likeness (QED) is 0.226. The van der Waals surface area contributed by atoms with E-state index in [1.54, 1.807) is 0 Å². The fourth-order valence-electron chi connectivity index (χ4n) is 3.44. The van der Waals surface area contributed by atoms with Crippen molar-refractivity contribution in [3.63, 3.8) is 0 Å². The number of nitro benzene ring substituents is 1. The van der Waals surface area contributed by atoms with Gasteiger partial charge < -0.3 is 9.47 Å². The zero-order valence-corrected chi connectivity index (χ0v) is 18.3. The number of hydrogen-bond donors (Lipinski definition) is 1. The highest BCUT2D eigenvalue weighted by Gasteiger charge is 2.17. The van der Waals surface area contributed by atoms with Crippen molar-refractivity contribution in [1.29, 1.82) is 0 Å². The van der Waals surface area contributed by atoms with Crippen molar-refractivity contribution in [3.8, 4) is 11.5 Å². The lowest BCUT2D eigenvalue weighted by Crippen LogP contribution is -2.18. The van der Waals surface area contributed by atoms with Crippen molar-refractivity contribution in [2.24, 2.45) is 5.10 Å². The lowest BCUT2D eigenvalue weighted by atomic mass is 10.1. The van der Waals surface area contributed by atoms with Gasteiger partial charge in [-0.15, -0.1) is 0 Å². The molecule has 34 heavy (non-hydrogen) atoms. The molecule has 0 heterocycles. The molecule has 0 aromatic heterocycles. The summed E-state index contributed by atoms with van der Waals surface area (Å²) in [5.41, 5.74) is 4.01. The topological polar surface area (TPSA) is 103 Å². The van der Waals surface area contributed by atoms with Crippen LogP contribution < -0.4 is 14.9 Å². The number of carbonyl (C=O) groups excluding carboxylic acids is 1. The summed E-state index contributed by atoms with van der Waals surface area (Å²) in [5, 5.41) is 17.2. The molecule has 0 atom stereocenters. The van der Waals surface area contributed by atoms with Gasteiger partial charge in [0.2, 0.25) is 0 Å². The lowest BCUT2D eigenvalue weighted by molar-refractivity contribution is -0.384. The summed E-state index contributed by atoms with van der Waals surface area (Å²) in [5.74, 6) is 0.299. The van der Waals surface area contributed by atoms with Gasteiger partial charge in [-0.05, 0) is 52.2 Å². The molecule has 0 radical (unpaired) electrons. The molecule has 170 valence electrons. The summed E-state index contributed by atoms with van der Waals surface area (Å²) in [6.07, 6.45) is 1.47. The number of ether oxygens (including phenoxy) is 2. The van der Waals surface area contributed by atoms with Gasteiger partial charge in [-0.2, -0.15) is 5.10 Å². The van der Waals surface area contributed by atoms with Crippen LogP contribution in [0, 0.1) is 10.1 Å². The van der Waals surface area contributed by atoms with Gasteiger partial charge in [0.15, 0.2) is 0 Å². The molecular weight excluding hydrogens is 434 g/mol. The minimum Gasteiger partial charge on any atom is -0.496 e. The molecule has 1 N–H and O–H groups in total. The van der Waals surface area contributed by atoms with Crippen LogP contribution in [-0.4, -0.2) is 24.2 Å². The van der Waals surface area contributed by atoms with E-state index in [-0.39, 0.29) is 17.0 Å². The predicted molar refractivity (Wildman–Crippen MR) is 129 cm³/mol. The van der Waals surface area contributed by atoms with Gasteiger partial charge in [-0.25, -0.2) is 5.43 Å². The second kappa shape index (κ2) is 10.3. The monoisotopic (exact) mass is 455 g/mol. The van der Waals surface area contributed by atoms with Gasteiger partial charge in [-0.3, -0.25) is 14.9 Å². The van der Waals surface area contributed by atoms with Crippen LogP contribution in [0.4, 0.5) is 5.69 Å². The van der Waals surface area contributed by atoms with Crippen LogP contribution in [-0.2, 0) is 6.61 Å². The molecule has 4 aromatic rings. The first-order chi connectivity index (χ1) is 16.5. The molecule has 0 aliphatic rings. The number of hydrazone groups is 1.